The molecule has 0 bridgehead atoms. The first-order valence-corrected chi connectivity index (χ1v) is 7.11. The third-order valence-electron chi connectivity index (χ3n) is 3.60. The maximum atomic E-state index is 12.5. The van der Waals surface area contributed by atoms with Crippen molar-refractivity contribution >= 4 is 29.0 Å². The molecule has 1 fully saturated rings. The first-order chi connectivity index (χ1) is 10.7. The molecule has 2 atom stereocenters. The zero-order valence-electron chi connectivity index (χ0n) is 11.5. The fraction of sp³-hybridized carbons (Fsp3) is 0.125. The van der Waals surface area contributed by atoms with Gasteiger partial charge in [-0.15, -0.1) is 0 Å². The highest BCUT2D eigenvalue weighted by Crippen LogP contribution is 2.34. The van der Waals surface area contributed by atoms with E-state index in [1.165, 1.54) is 0 Å². The van der Waals surface area contributed by atoms with Crippen LogP contribution in [0.25, 0.3) is 5.41 Å². The monoisotopic (exact) mass is 308 g/mol. The van der Waals surface area contributed by atoms with E-state index in [1.54, 1.807) is 35.4 Å². The molecule has 0 unspecified atom stereocenters. The molecule has 0 saturated carbocycles. The Bertz CT molecular complexity index is 769. The Hall–Kier alpha value is -2.69. The highest BCUT2D eigenvalue weighted by Gasteiger charge is 2.44. The average Bonchev–Trinajstić information content (AvgIpc) is 2.56. The second-order valence-corrected chi connectivity index (χ2v) is 5.28. The van der Waals surface area contributed by atoms with Crippen molar-refractivity contribution in [3.05, 3.63) is 71.7 Å². The summed E-state index contributed by atoms with van der Waals surface area (Å²) in [6.45, 7) is 0. The van der Waals surface area contributed by atoms with Gasteiger partial charge in [0.1, 0.15) is 4.99 Å². The van der Waals surface area contributed by atoms with Crippen molar-refractivity contribution in [2.45, 2.75) is 12.0 Å². The fourth-order valence-corrected chi connectivity index (χ4v) is 2.91. The Balaban J connectivity index is 2.18. The Labute approximate surface area is 132 Å². The number of piperidine rings is 1. The number of nitrogens with one attached hydrogen (secondary N) is 1. The summed E-state index contributed by atoms with van der Waals surface area (Å²) >= 11 is 5.16. The van der Waals surface area contributed by atoms with Gasteiger partial charge in [-0.05, 0) is 11.6 Å². The molecule has 0 radical (unpaired) electrons. The van der Waals surface area contributed by atoms with Gasteiger partial charge >= 0.3 is 0 Å². The SMILES string of the molecule is [N-]=C=C1C(=S)NC(=O)[C@H]([n+]2ccccc2)[C@H]1c1cccnc1. The quantitative estimate of drug-likeness (QED) is 0.394. The number of pyridine rings is 2. The summed E-state index contributed by atoms with van der Waals surface area (Å²) in [5, 5.41) is 12.1. The Morgan fingerprint density at radius 3 is 2.68 bits per heavy atom. The third-order valence-corrected chi connectivity index (χ3v) is 3.92. The largest absolute Gasteiger partial charge is 0.763 e. The number of hydrogen-bond donors (Lipinski definition) is 1. The number of rotatable bonds is 2. The summed E-state index contributed by atoms with van der Waals surface area (Å²) in [5.41, 5.74) is 1.17. The molecule has 1 N–H and O–H groups in total. The fourth-order valence-electron chi connectivity index (χ4n) is 2.64. The number of amides is 1. The lowest BCUT2D eigenvalue weighted by atomic mass is 9.82. The molecule has 1 amide bonds. The van der Waals surface area contributed by atoms with E-state index in [2.05, 4.69) is 16.2 Å². The first-order valence-electron chi connectivity index (χ1n) is 6.70. The topological polar surface area (TPSA) is 68.2 Å². The van der Waals surface area contributed by atoms with Crippen molar-refractivity contribution in [3.63, 3.8) is 0 Å². The van der Waals surface area contributed by atoms with Crippen molar-refractivity contribution in [2.24, 2.45) is 0 Å². The zero-order valence-corrected chi connectivity index (χ0v) is 12.3. The maximum absolute atomic E-state index is 12.5. The van der Waals surface area contributed by atoms with E-state index in [9.17, 15) is 10.2 Å². The average molecular weight is 308 g/mol. The second kappa shape index (κ2) is 5.97. The van der Waals surface area contributed by atoms with Crippen LogP contribution in [0.3, 0.4) is 0 Å². The number of carbonyl (C=O) groups excluding carboxylic acids is 1. The van der Waals surface area contributed by atoms with Crippen LogP contribution in [-0.2, 0) is 4.79 Å². The van der Waals surface area contributed by atoms with E-state index in [0.717, 1.165) is 5.56 Å². The van der Waals surface area contributed by atoms with Crippen LogP contribution in [0.5, 0.6) is 0 Å². The van der Waals surface area contributed by atoms with Gasteiger partial charge in [0, 0.05) is 30.1 Å². The van der Waals surface area contributed by atoms with Gasteiger partial charge in [-0.3, -0.25) is 15.6 Å². The lowest BCUT2D eigenvalue weighted by Crippen LogP contribution is -2.56. The van der Waals surface area contributed by atoms with Crippen molar-refractivity contribution in [2.75, 3.05) is 0 Å². The number of thiocarbonyl (C=S) groups is 1. The molecular weight excluding hydrogens is 296 g/mol. The van der Waals surface area contributed by atoms with Crippen LogP contribution < -0.4 is 9.88 Å². The molecule has 108 valence electrons. The van der Waals surface area contributed by atoms with E-state index in [1.807, 2.05) is 24.3 Å². The molecule has 6 heteroatoms. The van der Waals surface area contributed by atoms with Crippen LogP contribution in [0, 0.1) is 0 Å². The van der Waals surface area contributed by atoms with E-state index in [4.69, 9.17) is 12.2 Å². The van der Waals surface area contributed by atoms with Crippen LogP contribution in [0.4, 0.5) is 0 Å². The normalized spacial score (nSPS) is 21.2. The van der Waals surface area contributed by atoms with Gasteiger partial charge in [0.2, 0.25) is 6.04 Å². The van der Waals surface area contributed by atoms with Crippen molar-refractivity contribution in [3.8, 4) is 0 Å². The van der Waals surface area contributed by atoms with Crippen LogP contribution in [0.1, 0.15) is 17.5 Å². The highest BCUT2D eigenvalue weighted by molar-refractivity contribution is 7.80. The van der Waals surface area contributed by atoms with Gasteiger partial charge in [-0.1, -0.05) is 24.4 Å². The second-order valence-electron chi connectivity index (χ2n) is 4.88. The Morgan fingerprint density at radius 1 is 1.27 bits per heavy atom. The Morgan fingerprint density at radius 2 is 2.05 bits per heavy atom. The number of hydrogen-bond acceptors (Lipinski definition) is 3. The lowest BCUT2D eigenvalue weighted by molar-refractivity contribution is -0.711. The molecule has 1 aliphatic rings. The summed E-state index contributed by atoms with van der Waals surface area (Å²) in [5.74, 6) is 1.46. The van der Waals surface area contributed by atoms with Crippen LogP contribution in [0.15, 0.2) is 60.7 Å². The molecular formula is C16H12N4OS. The number of nitrogens with zero attached hydrogens (tertiary/aromatic N) is 3. The van der Waals surface area contributed by atoms with E-state index < -0.39 is 12.0 Å². The van der Waals surface area contributed by atoms with Gasteiger partial charge in [0.15, 0.2) is 12.4 Å². The Kier molecular flexibility index (Phi) is 3.87. The first kappa shape index (κ1) is 14.3. The molecule has 0 spiro atoms. The number of aromatic nitrogens is 2. The van der Waals surface area contributed by atoms with Crippen LogP contribution in [-0.4, -0.2) is 21.7 Å². The minimum atomic E-state index is -0.577. The summed E-state index contributed by atoms with van der Waals surface area (Å²) in [4.78, 5) is 16.8. The molecule has 2 aromatic heterocycles. The van der Waals surface area contributed by atoms with E-state index >= 15 is 0 Å². The molecule has 5 nitrogen and oxygen atoms in total. The zero-order chi connectivity index (χ0) is 15.5. The molecule has 3 heterocycles. The van der Waals surface area contributed by atoms with E-state index in [-0.39, 0.29) is 10.9 Å². The van der Waals surface area contributed by atoms with Crippen LogP contribution >= 0.6 is 12.2 Å². The van der Waals surface area contributed by atoms with Crippen molar-refractivity contribution in [1.29, 1.82) is 0 Å². The van der Waals surface area contributed by atoms with Gasteiger partial charge in [0.25, 0.3) is 5.91 Å². The molecule has 0 aromatic carbocycles. The van der Waals surface area contributed by atoms with Gasteiger partial charge in [-0.2, -0.15) is 4.57 Å². The van der Waals surface area contributed by atoms with Crippen molar-refractivity contribution in [1.82, 2.24) is 10.3 Å². The van der Waals surface area contributed by atoms with Gasteiger partial charge in [-0.25, -0.2) is 0 Å². The highest BCUT2D eigenvalue weighted by atomic mass is 32.1. The summed E-state index contributed by atoms with van der Waals surface area (Å²) < 4.78 is 1.78. The molecule has 1 aliphatic heterocycles. The maximum Gasteiger partial charge on any atom is 0.295 e. The summed E-state index contributed by atoms with van der Waals surface area (Å²) in [6.07, 6.45) is 6.93. The predicted octanol–water partition coefficient (Wildman–Crippen LogP) is 1.32. The predicted molar refractivity (Wildman–Crippen MR) is 85.3 cm³/mol. The lowest BCUT2D eigenvalue weighted by Gasteiger charge is -2.30. The standard InChI is InChI=1S/C16H12N4OS/c17-9-12-13(11-5-4-6-18-10-11)14(15(21)19-16(12)22)20-7-2-1-3-8-20/h1-8,10,13-14H,(H,19,21,22)/t13-,14+/m0/s1. The summed E-state index contributed by atoms with van der Waals surface area (Å²) in [7, 11) is 0. The van der Waals surface area contributed by atoms with Crippen molar-refractivity contribution < 1.29 is 9.36 Å². The minimum Gasteiger partial charge on any atom is -0.763 e. The van der Waals surface area contributed by atoms with E-state index in [0.29, 0.717) is 5.57 Å². The van der Waals surface area contributed by atoms with Gasteiger partial charge < -0.3 is 10.7 Å². The smallest absolute Gasteiger partial charge is 0.295 e. The number of carbonyl (C=O) groups is 1. The molecule has 2 aromatic rings. The molecule has 0 aliphatic carbocycles. The summed E-state index contributed by atoms with van der Waals surface area (Å²) in [6, 6.07) is 8.61. The molecule has 3 rings (SSSR count). The van der Waals surface area contributed by atoms with Crippen LogP contribution in [0.2, 0.25) is 0 Å². The minimum absolute atomic E-state index is 0.189. The molecule has 1 saturated heterocycles. The third kappa shape index (κ3) is 2.45. The molecule has 22 heavy (non-hydrogen) atoms. The van der Waals surface area contributed by atoms with Gasteiger partial charge in [0.05, 0.1) is 5.92 Å².